The van der Waals surface area contributed by atoms with Crippen LogP contribution in [0.3, 0.4) is 0 Å². The third-order valence-corrected chi connectivity index (χ3v) is 5.19. The minimum absolute atomic E-state index is 0. The van der Waals surface area contributed by atoms with Crippen LogP contribution in [0.15, 0.2) is 46.2 Å². The molecule has 0 saturated carbocycles. The lowest BCUT2D eigenvalue weighted by atomic mass is 10.2. The molecular formula is C20H28ClF2N3O3S2. The van der Waals surface area contributed by atoms with Gasteiger partial charge >= 0.3 is 0 Å². The van der Waals surface area contributed by atoms with E-state index in [4.69, 9.17) is 0 Å². The molecule has 0 fully saturated rings. The molecule has 0 saturated heterocycles. The van der Waals surface area contributed by atoms with E-state index in [-0.39, 0.29) is 28.9 Å². The Morgan fingerprint density at radius 3 is 2.10 bits per heavy atom. The van der Waals surface area contributed by atoms with E-state index in [9.17, 15) is 22.0 Å². The fraction of sp³-hybridized carbons (Fsp3) is 0.350. The van der Waals surface area contributed by atoms with Gasteiger partial charge in [0.15, 0.2) is 0 Å². The Kier molecular flexibility index (Phi) is 13.4. The third-order valence-electron chi connectivity index (χ3n) is 3.49. The zero-order chi connectivity index (χ0) is 22.7. The van der Waals surface area contributed by atoms with Crippen LogP contribution in [-0.4, -0.2) is 40.2 Å². The second kappa shape index (κ2) is 14.2. The number of carbonyl (C=O) groups excluding carboxylic acids is 1. The number of hydrogen-bond acceptors (Lipinski definition) is 5. The molecule has 0 atom stereocenters. The summed E-state index contributed by atoms with van der Waals surface area (Å²) in [6, 6.07) is 7.42. The van der Waals surface area contributed by atoms with E-state index in [0.717, 1.165) is 43.2 Å². The number of hydrogen-bond donors (Lipinski definition) is 3. The van der Waals surface area contributed by atoms with Crippen molar-refractivity contribution in [1.29, 1.82) is 0 Å². The Morgan fingerprint density at radius 1 is 0.968 bits per heavy atom. The van der Waals surface area contributed by atoms with Gasteiger partial charge in [0, 0.05) is 28.0 Å². The molecule has 3 N–H and O–H groups in total. The first-order valence-electron chi connectivity index (χ1n) is 9.34. The van der Waals surface area contributed by atoms with E-state index in [1.54, 1.807) is 6.92 Å². The summed E-state index contributed by atoms with van der Waals surface area (Å²) in [5, 5.41) is 5.74. The average molecular weight is 496 g/mol. The number of halogens is 3. The van der Waals surface area contributed by atoms with Crippen LogP contribution in [-0.2, 0) is 10.0 Å². The molecule has 2 rings (SSSR count). The van der Waals surface area contributed by atoms with Gasteiger partial charge in [0.2, 0.25) is 10.0 Å². The predicted molar refractivity (Wildman–Crippen MR) is 125 cm³/mol. The minimum Gasteiger partial charge on any atom is -0.352 e. The van der Waals surface area contributed by atoms with Crippen LogP contribution in [0.1, 0.15) is 31.1 Å². The fourth-order valence-electron chi connectivity index (χ4n) is 2.22. The van der Waals surface area contributed by atoms with Crippen LogP contribution < -0.4 is 15.4 Å². The summed E-state index contributed by atoms with van der Waals surface area (Å²) >= 11 is 0.891. The SMILES string of the molecule is CCNC(=O)c1ccc(NS(C)(=O)=O)c(Sc2ccc(F)cc2F)c1.CCNCC.Cl. The summed E-state index contributed by atoms with van der Waals surface area (Å²) < 4.78 is 52.3. The third kappa shape index (κ3) is 10.8. The van der Waals surface area contributed by atoms with Gasteiger partial charge in [-0.25, -0.2) is 17.2 Å². The summed E-state index contributed by atoms with van der Waals surface area (Å²) in [4.78, 5) is 12.4. The number of sulfonamides is 1. The molecule has 0 bridgehead atoms. The van der Waals surface area contributed by atoms with Gasteiger partial charge in [0.25, 0.3) is 5.91 Å². The van der Waals surface area contributed by atoms with Crippen molar-refractivity contribution in [3.05, 3.63) is 53.6 Å². The van der Waals surface area contributed by atoms with Gasteiger partial charge in [0.05, 0.1) is 11.9 Å². The molecule has 0 heterocycles. The Labute approximate surface area is 193 Å². The first-order chi connectivity index (χ1) is 14.1. The van der Waals surface area contributed by atoms with E-state index in [2.05, 4.69) is 29.2 Å². The number of carbonyl (C=O) groups is 1. The maximum atomic E-state index is 13.9. The molecule has 0 radical (unpaired) electrons. The van der Waals surface area contributed by atoms with Crippen molar-refractivity contribution in [2.75, 3.05) is 30.6 Å². The van der Waals surface area contributed by atoms with Gasteiger partial charge in [-0.1, -0.05) is 25.6 Å². The molecule has 11 heteroatoms. The molecule has 31 heavy (non-hydrogen) atoms. The lowest BCUT2D eigenvalue weighted by Crippen LogP contribution is -2.22. The van der Waals surface area contributed by atoms with Crippen molar-refractivity contribution < 1.29 is 22.0 Å². The predicted octanol–water partition coefficient (Wildman–Crippen LogP) is 4.27. The number of nitrogens with one attached hydrogen (secondary N) is 3. The lowest BCUT2D eigenvalue weighted by Gasteiger charge is -2.13. The largest absolute Gasteiger partial charge is 0.352 e. The summed E-state index contributed by atoms with van der Waals surface area (Å²) in [6.45, 7) is 8.58. The summed E-state index contributed by atoms with van der Waals surface area (Å²) in [7, 11) is -3.57. The highest BCUT2D eigenvalue weighted by Gasteiger charge is 2.15. The maximum Gasteiger partial charge on any atom is 0.251 e. The van der Waals surface area contributed by atoms with Crippen molar-refractivity contribution in [3.63, 3.8) is 0 Å². The Morgan fingerprint density at radius 2 is 1.61 bits per heavy atom. The normalized spacial score (nSPS) is 10.4. The summed E-state index contributed by atoms with van der Waals surface area (Å²) in [6.07, 6.45) is 0.984. The van der Waals surface area contributed by atoms with E-state index in [1.165, 1.54) is 24.3 Å². The quantitative estimate of drug-likeness (QED) is 0.509. The van der Waals surface area contributed by atoms with Crippen molar-refractivity contribution in [1.82, 2.24) is 10.6 Å². The molecule has 0 aliphatic heterocycles. The second-order valence-corrected chi connectivity index (χ2v) is 8.91. The molecule has 174 valence electrons. The van der Waals surface area contributed by atoms with Gasteiger partial charge in [-0.05, 0) is 50.3 Å². The number of rotatable bonds is 8. The van der Waals surface area contributed by atoms with E-state index in [1.807, 2.05) is 0 Å². The fourth-order valence-corrected chi connectivity index (χ4v) is 3.81. The molecule has 2 aromatic carbocycles. The highest BCUT2D eigenvalue weighted by atomic mass is 35.5. The maximum absolute atomic E-state index is 13.9. The monoisotopic (exact) mass is 495 g/mol. The first kappa shape index (κ1) is 29.1. The topological polar surface area (TPSA) is 87.3 Å². The van der Waals surface area contributed by atoms with E-state index >= 15 is 0 Å². The van der Waals surface area contributed by atoms with E-state index < -0.39 is 21.7 Å². The van der Waals surface area contributed by atoms with E-state index in [0.29, 0.717) is 17.0 Å². The molecule has 0 unspecified atom stereocenters. The zero-order valence-electron chi connectivity index (χ0n) is 17.8. The highest BCUT2D eigenvalue weighted by molar-refractivity contribution is 7.99. The molecular weight excluding hydrogens is 468 g/mol. The zero-order valence-corrected chi connectivity index (χ0v) is 20.2. The molecule has 0 aliphatic rings. The highest BCUT2D eigenvalue weighted by Crippen LogP contribution is 2.36. The van der Waals surface area contributed by atoms with Gasteiger partial charge in [0.1, 0.15) is 11.6 Å². The Bertz CT molecular complexity index is 959. The van der Waals surface area contributed by atoms with Crippen LogP contribution in [0.25, 0.3) is 0 Å². The number of amides is 1. The van der Waals surface area contributed by atoms with Gasteiger partial charge in [-0.15, -0.1) is 12.4 Å². The standard InChI is InChI=1S/C16H16F2N2O3S2.C4H11N.ClH/c1-3-19-16(21)10-4-6-13(20-25(2,22)23)15(8-10)24-14-7-5-11(17)9-12(14)18;1-3-5-4-2;/h4-9,20H,3H2,1-2H3,(H,19,21);5H,3-4H2,1-2H3;1H. The van der Waals surface area contributed by atoms with Crippen molar-refractivity contribution >= 4 is 45.8 Å². The van der Waals surface area contributed by atoms with Crippen molar-refractivity contribution in [2.45, 2.75) is 30.6 Å². The molecule has 0 aliphatic carbocycles. The summed E-state index contributed by atoms with van der Waals surface area (Å²) in [5.41, 5.74) is 0.496. The molecule has 0 aromatic heterocycles. The van der Waals surface area contributed by atoms with Gasteiger partial charge in [-0.2, -0.15) is 0 Å². The van der Waals surface area contributed by atoms with Crippen LogP contribution in [0.2, 0.25) is 0 Å². The molecule has 2 aromatic rings. The molecule has 0 spiro atoms. The average Bonchev–Trinajstić information content (AvgIpc) is 2.65. The van der Waals surface area contributed by atoms with Crippen molar-refractivity contribution in [2.24, 2.45) is 0 Å². The van der Waals surface area contributed by atoms with Gasteiger partial charge < -0.3 is 10.6 Å². The van der Waals surface area contributed by atoms with Gasteiger partial charge in [-0.3, -0.25) is 9.52 Å². The van der Waals surface area contributed by atoms with Crippen LogP contribution in [0.4, 0.5) is 14.5 Å². The van der Waals surface area contributed by atoms with Crippen molar-refractivity contribution in [3.8, 4) is 0 Å². The molecule has 1 amide bonds. The molecule has 6 nitrogen and oxygen atoms in total. The van der Waals surface area contributed by atoms with Crippen LogP contribution in [0, 0.1) is 11.6 Å². The lowest BCUT2D eigenvalue weighted by molar-refractivity contribution is 0.0955. The Balaban J connectivity index is 0.00000135. The van der Waals surface area contributed by atoms with Crippen LogP contribution in [0.5, 0.6) is 0 Å². The second-order valence-electron chi connectivity index (χ2n) is 6.08. The smallest absolute Gasteiger partial charge is 0.251 e. The Hall–Kier alpha value is -1.88. The number of anilines is 1. The minimum atomic E-state index is -3.57. The first-order valence-corrected chi connectivity index (χ1v) is 12.1. The number of benzene rings is 2. The van der Waals surface area contributed by atoms with Crippen LogP contribution >= 0.6 is 24.2 Å². The summed E-state index contributed by atoms with van der Waals surface area (Å²) in [5.74, 6) is -1.83.